The number of carbonyl (C=O) groups is 2. The Bertz CT molecular complexity index is 1100. The van der Waals surface area contributed by atoms with Crippen molar-refractivity contribution in [2.45, 2.75) is 26.7 Å². The lowest BCUT2D eigenvalue weighted by molar-refractivity contribution is 0.0649. The van der Waals surface area contributed by atoms with Crippen LogP contribution < -0.4 is 4.74 Å². The van der Waals surface area contributed by atoms with Crippen molar-refractivity contribution < 1.29 is 14.3 Å². The van der Waals surface area contributed by atoms with Crippen LogP contribution in [0.15, 0.2) is 48.5 Å². The van der Waals surface area contributed by atoms with Crippen molar-refractivity contribution in [1.82, 2.24) is 9.88 Å². The maximum absolute atomic E-state index is 13.1. The third kappa shape index (κ3) is 3.92. The summed E-state index contributed by atoms with van der Waals surface area (Å²) in [5.74, 6) is 0.823. The monoisotopic (exact) mass is 402 g/mol. The molecule has 0 radical (unpaired) electrons. The van der Waals surface area contributed by atoms with E-state index in [1.54, 1.807) is 7.11 Å². The highest BCUT2D eigenvalue weighted by molar-refractivity contribution is 6.00. The molecule has 2 heterocycles. The SMILES string of the molecule is COc1ccc(C(=O)C2CCN(C(=O)c3cc4ccc(C)cc4nc3C)CC2)cc1. The molecule has 1 amide bonds. The smallest absolute Gasteiger partial charge is 0.255 e. The lowest BCUT2D eigenvalue weighted by Gasteiger charge is -2.31. The van der Waals surface area contributed by atoms with E-state index in [4.69, 9.17) is 4.74 Å². The van der Waals surface area contributed by atoms with Crippen LogP contribution in [0, 0.1) is 19.8 Å². The van der Waals surface area contributed by atoms with Crippen LogP contribution in [0.4, 0.5) is 0 Å². The number of Topliss-reactive ketones (excluding diaryl/α,β-unsaturated/α-hetero) is 1. The fraction of sp³-hybridized carbons (Fsp3) is 0.320. The van der Waals surface area contributed by atoms with Crippen molar-refractivity contribution >= 4 is 22.6 Å². The molecule has 5 heteroatoms. The molecule has 154 valence electrons. The number of hydrogen-bond donors (Lipinski definition) is 0. The number of ether oxygens (including phenoxy) is 1. The molecule has 2 aromatic carbocycles. The maximum atomic E-state index is 13.1. The lowest BCUT2D eigenvalue weighted by atomic mass is 9.88. The molecule has 30 heavy (non-hydrogen) atoms. The number of rotatable bonds is 4. The van der Waals surface area contributed by atoms with Gasteiger partial charge < -0.3 is 9.64 Å². The Kier molecular flexibility index (Phi) is 5.53. The zero-order chi connectivity index (χ0) is 21.3. The van der Waals surface area contributed by atoms with Crippen LogP contribution in [0.5, 0.6) is 5.75 Å². The second-order valence-corrected chi connectivity index (χ2v) is 7.98. The second kappa shape index (κ2) is 8.27. The van der Waals surface area contributed by atoms with Gasteiger partial charge in [0.15, 0.2) is 5.78 Å². The maximum Gasteiger partial charge on any atom is 0.255 e. The van der Waals surface area contributed by atoms with E-state index in [1.807, 2.05) is 67.3 Å². The second-order valence-electron chi connectivity index (χ2n) is 7.98. The number of methoxy groups -OCH3 is 1. The summed E-state index contributed by atoms with van der Waals surface area (Å²) >= 11 is 0. The normalized spacial score (nSPS) is 14.7. The number of aryl methyl sites for hydroxylation is 2. The molecule has 0 aliphatic carbocycles. The number of piperidine rings is 1. The van der Waals surface area contributed by atoms with Crippen molar-refractivity contribution in [3.8, 4) is 5.75 Å². The standard InChI is InChI=1S/C25H26N2O3/c1-16-4-5-20-15-22(17(2)26-23(20)14-16)25(29)27-12-10-19(11-13-27)24(28)18-6-8-21(30-3)9-7-18/h4-9,14-15,19H,10-13H2,1-3H3. The van der Waals surface area contributed by atoms with Crippen LogP contribution in [0.25, 0.3) is 10.9 Å². The third-order valence-electron chi connectivity index (χ3n) is 5.92. The molecule has 0 spiro atoms. The molecule has 1 fully saturated rings. The third-order valence-corrected chi connectivity index (χ3v) is 5.92. The van der Waals surface area contributed by atoms with Gasteiger partial charge in [-0.2, -0.15) is 0 Å². The number of likely N-dealkylation sites (tertiary alicyclic amines) is 1. The predicted molar refractivity (Wildman–Crippen MR) is 117 cm³/mol. The Balaban J connectivity index is 1.45. The van der Waals surface area contributed by atoms with Crippen molar-refractivity contribution in [2.24, 2.45) is 5.92 Å². The summed E-state index contributed by atoms with van der Waals surface area (Å²) in [6.45, 7) is 5.08. The van der Waals surface area contributed by atoms with Gasteiger partial charge in [-0.15, -0.1) is 0 Å². The fourth-order valence-corrected chi connectivity index (χ4v) is 4.10. The number of aromatic nitrogens is 1. The van der Waals surface area contributed by atoms with Gasteiger partial charge in [-0.1, -0.05) is 12.1 Å². The molecule has 5 nitrogen and oxygen atoms in total. The summed E-state index contributed by atoms with van der Waals surface area (Å²) in [6.07, 6.45) is 1.35. The van der Waals surface area contributed by atoms with Gasteiger partial charge in [0.25, 0.3) is 5.91 Å². The highest BCUT2D eigenvalue weighted by atomic mass is 16.5. The molecule has 1 aliphatic rings. The van der Waals surface area contributed by atoms with E-state index in [2.05, 4.69) is 4.98 Å². The van der Waals surface area contributed by atoms with Crippen molar-refractivity contribution in [3.05, 3.63) is 70.9 Å². The molecule has 0 saturated carbocycles. The number of amides is 1. The van der Waals surface area contributed by atoms with Gasteiger partial charge in [-0.25, -0.2) is 0 Å². The Morgan fingerprint density at radius 1 is 1.00 bits per heavy atom. The minimum Gasteiger partial charge on any atom is -0.497 e. The molecule has 0 unspecified atom stereocenters. The molecule has 0 atom stereocenters. The first-order chi connectivity index (χ1) is 14.5. The van der Waals surface area contributed by atoms with Crippen molar-refractivity contribution in [3.63, 3.8) is 0 Å². The van der Waals surface area contributed by atoms with Crippen LogP contribution in [-0.2, 0) is 0 Å². The molecule has 1 aromatic heterocycles. The quantitative estimate of drug-likeness (QED) is 0.599. The lowest BCUT2D eigenvalue weighted by Crippen LogP contribution is -2.40. The Hall–Kier alpha value is -3.21. The van der Waals surface area contributed by atoms with Gasteiger partial charge in [0.05, 0.1) is 23.9 Å². The number of pyridine rings is 1. The van der Waals surface area contributed by atoms with E-state index in [-0.39, 0.29) is 17.6 Å². The number of benzene rings is 2. The van der Waals surface area contributed by atoms with E-state index in [1.165, 1.54) is 0 Å². The van der Waals surface area contributed by atoms with E-state index in [0.717, 1.165) is 27.9 Å². The van der Waals surface area contributed by atoms with Gasteiger partial charge >= 0.3 is 0 Å². The largest absolute Gasteiger partial charge is 0.497 e. The first-order valence-electron chi connectivity index (χ1n) is 10.3. The Labute approximate surface area is 176 Å². The number of ketones is 1. The Morgan fingerprint density at radius 3 is 2.37 bits per heavy atom. The van der Waals surface area contributed by atoms with Crippen LogP contribution in [0.1, 0.15) is 44.8 Å². The molecule has 3 aromatic rings. The molecule has 0 bridgehead atoms. The first-order valence-corrected chi connectivity index (χ1v) is 10.3. The van der Waals surface area contributed by atoms with E-state index >= 15 is 0 Å². The van der Waals surface area contributed by atoms with Crippen LogP contribution in [0.2, 0.25) is 0 Å². The topological polar surface area (TPSA) is 59.5 Å². The van der Waals surface area contributed by atoms with Gasteiger partial charge in [-0.05, 0) is 68.7 Å². The zero-order valence-corrected chi connectivity index (χ0v) is 17.6. The van der Waals surface area contributed by atoms with Gasteiger partial charge in [0.2, 0.25) is 0 Å². The summed E-state index contributed by atoms with van der Waals surface area (Å²) in [5.41, 5.74) is 4.15. The first kappa shape index (κ1) is 20.1. The van der Waals surface area contributed by atoms with Crippen LogP contribution in [-0.4, -0.2) is 41.8 Å². The molecular weight excluding hydrogens is 376 g/mol. The highest BCUT2D eigenvalue weighted by Gasteiger charge is 2.29. The zero-order valence-electron chi connectivity index (χ0n) is 17.6. The van der Waals surface area contributed by atoms with Crippen molar-refractivity contribution in [2.75, 3.05) is 20.2 Å². The molecule has 1 aliphatic heterocycles. The summed E-state index contributed by atoms with van der Waals surface area (Å²) in [7, 11) is 1.61. The average Bonchev–Trinajstić information content (AvgIpc) is 2.78. The van der Waals surface area contributed by atoms with Gasteiger partial charge in [0.1, 0.15) is 5.75 Å². The van der Waals surface area contributed by atoms with Crippen LogP contribution in [0.3, 0.4) is 0 Å². The summed E-state index contributed by atoms with van der Waals surface area (Å²) in [4.78, 5) is 32.4. The van der Waals surface area contributed by atoms with E-state index in [9.17, 15) is 9.59 Å². The van der Waals surface area contributed by atoms with E-state index in [0.29, 0.717) is 37.1 Å². The van der Waals surface area contributed by atoms with Crippen LogP contribution >= 0.6 is 0 Å². The summed E-state index contributed by atoms with van der Waals surface area (Å²) < 4.78 is 5.16. The molecule has 4 rings (SSSR count). The van der Waals surface area contributed by atoms with E-state index < -0.39 is 0 Å². The fourth-order valence-electron chi connectivity index (χ4n) is 4.10. The van der Waals surface area contributed by atoms with Gasteiger partial charge in [0, 0.05) is 30.0 Å². The molecule has 1 saturated heterocycles. The number of fused-ring (bicyclic) bond motifs is 1. The average molecular weight is 402 g/mol. The Morgan fingerprint density at radius 2 is 1.70 bits per heavy atom. The number of carbonyl (C=O) groups excluding carboxylic acids is 2. The van der Waals surface area contributed by atoms with Gasteiger partial charge in [-0.3, -0.25) is 14.6 Å². The molecular formula is C25H26N2O3. The van der Waals surface area contributed by atoms with Crippen molar-refractivity contribution in [1.29, 1.82) is 0 Å². The summed E-state index contributed by atoms with van der Waals surface area (Å²) in [5, 5.41) is 0.971. The number of hydrogen-bond acceptors (Lipinski definition) is 4. The summed E-state index contributed by atoms with van der Waals surface area (Å²) in [6, 6.07) is 15.2. The number of nitrogens with zero attached hydrogens (tertiary/aromatic N) is 2. The minimum atomic E-state index is -0.0544. The predicted octanol–water partition coefficient (Wildman–Crippen LogP) is 4.60. The highest BCUT2D eigenvalue weighted by Crippen LogP contribution is 2.25. The minimum absolute atomic E-state index is 0.00202. The molecule has 0 N–H and O–H groups in total.